The van der Waals surface area contributed by atoms with Crippen molar-refractivity contribution in [1.82, 2.24) is 16.0 Å². The van der Waals surface area contributed by atoms with E-state index in [0.29, 0.717) is 62.8 Å². The first-order valence-electron chi connectivity index (χ1n) is 12.8. The van der Waals surface area contributed by atoms with Crippen molar-refractivity contribution >= 4 is 17.7 Å². The molecule has 0 rings (SSSR count). The molecule has 9 nitrogen and oxygen atoms in total. The molecule has 0 saturated carbocycles. The fourth-order valence-corrected chi connectivity index (χ4v) is 3.19. The monoisotopic (exact) mass is 523 g/mol. The first kappa shape index (κ1) is 34.5. The van der Waals surface area contributed by atoms with Crippen LogP contribution in [0.25, 0.3) is 0 Å². The predicted molar refractivity (Wildman–Crippen MR) is 147 cm³/mol. The maximum absolute atomic E-state index is 11.9. The standard InChI is InChI=1S/C28H49N3O6/c1-11-28(17-36-15-23(9)30-26(33)20(4)5,18-37-16-24(10)31-27(34)21(6)7)12-13-35-14-22(8)29-25(32)19(2)3/h22-24H,2,4,6,11-18H2,1,3,5,7-10H3,(H,29,32)(H,30,33)(H,31,34). The molecule has 0 saturated heterocycles. The van der Waals surface area contributed by atoms with Gasteiger partial charge in [-0.2, -0.15) is 0 Å². The number of rotatable bonds is 20. The van der Waals surface area contributed by atoms with Gasteiger partial charge in [-0.25, -0.2) is 0 Å². The lowest BCUT2D eigenvalue weighted by Crippen LogP contribution is -2.41. The lowest BCUT2D eigenvalue weighted by Gasteiger charge is -2.33. The van der Waals surface area contributed by atoms with Crippen LogP contribution in [-0.2, 0) is 28.6 Å². The first-order valence-corrected chi connectivity index (χ1v) is 12.8. The van der Waals surface area contributed by atoms with E-state index in [9.17, 15) is 14.4 Å². The zero-order valence-electron chi connectivity index (χ0n) is 24.0. The molecule has 0 aromatic carbocycles. The highest BCUT2D eigenvalue weighted by Gasteiger charge is 2.30. The second-order valence-corrected chi connectivity index (χ2v) is 10.2. The van der Waals surface area contributed by atoms with E-state index in [4.69, 9.17) is 14.2 Å². The topological polar surface area (TPSA) is 115 Å². The average molecular weight is 524 g/mol. The van der Waals surface area contributed by atoms with Crippen LogP contribution in [0.5, 0.6) is 0 Å². The van der Waals surface area contributed by atoms with Gasteiger partial charge in [-0.15, -0.1) is 0 Å². The average Bonchev–Trinajstić information content (AvgIpc) is 2.80. The lowest BCUT2D eigenvalue weighted by molar-refractivity contribution is -0.119. The Morgan fingerprint density at radius 2 is 1.00 bits per heavy atom. The van der Waals surface area contributed by atoms with E-state index in [2.05, 4.69) is 42.6 Å². The van der Waals surface area contributed by atoms with Crippen molar-refractivity contribution < 1.29 is 28.6 Å². The summed E-state index contributed by atoms with van der Waals surface area (Å²) in [5.74, 6) is -0.594. The summed E-state index contributed by atoms with van der Waals surface area (Å²) >= 11 is 0. The Hall–Kier alpha value is -2.49. The van der Waals surface area contributed by atoms with Gasteiger partial charge in [0, 0.05) is 46.9 Å². The largest absolute Gasteiger partial charge is 0.379 e. The van der Waals surface area contributed by atoms with Gasteiger partial charge in [0.1, 0.15) is 0 Å². The molecule has 212 valence electrons. The van der Waals surface area contributed by atoms with Gasteiger partial charge in [0.15, 0.2) is 0 Å². The molecule has 0 aromatic heterocycles. The van der Waals surface area contributed by atoms with E-state index >= 15 is 0 Å². The molecule has 3 amide bonds. The molecule has 3 unspecified atom stereocenters. The Balaban J connectivity index is 4.99. The SMILES string of the molecule is C=C(C)C(=O)NC(C)COCCC(CC)(COCC(C)NC(=O)C(=C)C)COCC(C)NC(=O)C(=C)C. The summed E-state index contributed by atoms with van der Waals surface area (Å²) in [6, 6.07) is -0.500. The second kappa shape index (κ2) is 17.9. The minimum absolute atomic E-state index is 0.150. The molecule has 0 aromatic rings. The molecule has 0 aliphatic rings. The van der Waals surface area contributed by atoms with Crippen molar-refractivity contribution in [2.75, 3.05) is 39.6 Å². The van der Waals surface area contributed by atoms with Crippen molar-refractivity contribution in [3.05, 3.63) is 36.5 Å². The third-order valence-electron chi connectivity index (χ3n) is 5.74. The Labute approximate surface area is 223 Å². The highest BCUT2D eigenvalue weighted by molar-refractivity contribution is 5.93. The van der Waals surface area contributed by atoms with Gasteiger partial charge in [-0.1, -0.05) is 26.7 Å². The molecule has 0 aliphatic heterocycles. The predicted octanol–water partition coefficient (Wildman–Crippen LogP) is 3.07. The minimum atomic E-state index is -0.333. The van der Waals surface area contributed by atoms with E-state index in [1.807, 2.05) is 20.8 Å². The summed E-state index contributed by atoms with van der Waals surface area (Å²) in [5, 5.41) is 8.54. The molecule has 0 aliphatic carbocycles. The molecule has 0 spiro atoms. The van der Waals surface area contributed by atoms with Crippen LogP contribution in [0.3, 0.4) is 0 Å². The summed E-state index contributed by atoms with van der Waals surface area (Å²) in [4.78, 5) is 35.5. The maximum atomic E-state index is 11.9. The van der Waals surface area contributed by atoms with Crippen molar-refractivity contribution in [3.8, 4) is 0 Å². The minimum Gasteiger partial charge on any atom is -0.379 e. The smallest absolute Gasteiger partial charge is 0.246 e. The molecule has 0 radical (unpaired) electrons. The fraction of sp³-hybridized carbons (Fsp3) is 0.679. The number of nitrogens with one attached hydrogen (secondary N) is 3. The van der Waals surface area contributed by atoms with Crippen LogP contribution in [0.4, 0.5) is 0 Å². The van der Waals surface area contributed by atoms with Crippen LogP contribution in [0.2, 0.25) is 0 Å². The van der Waals surface area contributed by atoms with Gasteiger partial charge < -0.3 is 30.2 Å². The molecule has 37 heavy (non-hydrogen) atoms. The van der Waals surface area contributed by atoms with Crippen LogP contribution >= 0.6 is 0 Å². The number of hydrogen-bond donors (Lipinski definition) is 3. The Morgan fingerprint density at radius 1 is 0.676 bits per heavy atom. The number of carbonyl (C=O) groups is 3. The quantitative estimate of drug-likeness (QED) is 0.167. The summed E-state index contributed by atoms with van der Waals surface area (Å²) in [7, 11) is 0. The van der Waals surface area contributed by atoms with Crippen LogP contribution in [-0.4, -0.2) is 75.5 Å². The molecule has 0 bridgehead atoms. The van der Waals surface area contributed by atoms with Crippen molar-refractivity contribution in [1.29, 1.82) is 0 Å². The molecular formula is C28H49N3O6. The Morgan fingerprint density at radius 3 is 1.30 bits per heavy atom. The normalized spacial score (nSPS) is 15.0. The summed E-state index contributed by atoms with van der Waals surface area (Å²) < 4.78 is 17.9. The highest BCUT2D eigenvalue weighted by atomic mass is 16.5. The van der Waals surface area contributed by atoms with E-state index < -0.39 is 0 Å². The summed E-state index contributed by atoms with van der Waals surface area (Å²) in [6.45, 7) is 26.0. The van der Waals surface area contributed by atoms with E-state index in [-0.39, 0.29) is 41.3 Å². The van der Waals surface area contributed by atoms with Crippen LogP contribution in [0.15, 0.2) is 36.5 Å². The van der Waals surface area contributed by atoms with Crippen LogP contribution in [0.1, 0.15) is 61.3 Å². The van der Waals surface area contributed by atoms with Crippen molar-refractivity contribution in [2.45, 2.75) is 79.4 Å². The van der Waals surface area contributed by atoms with Gasteiger partial charge in [-0.3, -0.25) is 14.4 Å². The Kier molecular flexibility index (Phi) is 16.7. The van der Waals surface area contributed by atoms with Crippen LogP contribution in [0, 0.1) is 5.41 Å². The first-order chi connectivity index (χ1) is 17.2. The number of hydrogen-bond acceptors (Lipinski definition) is 6. The fourth-order valence-electron chi connectivity index (χ4n) is 3.19. The molecule has 0 heterocycles. The second-order valence-electron chi connectivity index (χ2n) is 10.2. The molecular weight excluding hydrogens is 474 g/mol. The Bertz CT molecular complexity index is 755. The third kappa shape index (κ3) is 15.4. The molecule has 3 N–H and O–H groups in total. The van der Waals surface area contributed by atoms with E-state index in [1.165, 1.54) is 0 Å². The number of ether oxygens (including phenoxy) is 3. The van der Waals surface area contributed by atoms with Gasteiger partial charge in [0.05, 0.1) is 33.0 Å². The van der Waals surface area contributed by atoms with Gasteiger partial charge in [0.25, 0.3) is 0 Å². The summed E-state index contributed by atoms with van der Waals surface area (Å²) in [5.41, 5.74) is 1.01. The zero-order valence-corrected chi connectivity index (χ0v) is 24.0. The highest BCUT2D eigenvalue weighted by Crippen LogP contribution is 2.28. The molecule has 9 heteroatoms. The zero-order chi connectivity index (χ0) is 28.6. The van der Waals surface area contributed by atoms with Crippen molar-refractivity contribution in [2.24, 2.45) is 5.41 Å². The third-order valence-corrected chi connectivity index (χ3v) is 5.74. The van der Waals surface area contributed by atoms with E-state index in [1.54, 1.807) is 20.8 Å². The number of amides is 3. The van der Waals surface area contributed by atoms with E-state index in [0.717, 1.165) is 6.42 Å². The maximum Gasteiger partial charge on any atom is 0.246 e. The van der Waals surface area contributed by atoms with Gasteiger partial charge >= 0.3 is 0 Å². The summed E-state index contributed by atoms with van der Waals surface area (Å²) in [6.07, 6.45) is 1.45. The van der Waals surface area contributed by atoms with Crippen LogP contribution < -0.4 is 16.0 Å². The molecule has 0 fully saturated rings. The lowest BCUT2D eigenvalue weighted by atomic mass is 9.83. The van der Waals surface area contributed by atoms with Gasteiger partial charge in [0.2, 0.25) is 17.7 Å². The van der Waals surface area contributed by atoms with Crippen molar-refractivity contribution in [3.63, 3.8) is 0 Å². The number of carbonyl (C=O) groups excluding carboxylic acids is 3. The molecule has 3 atom stereocenters. The van der Waals surface area contributed by atoms with Gasteiger partial charge in [-0.05, 0) is 54.4 Å².